The van der Waals surface area contributed by atoms with E-state index in [1.807, 2.05) is 25.1 Å². The van der Waals surface area contributed by atoms with Gasteiger partial charge in [0.1, 0.15) is 11.5 Å². The van der Waals surface area contributed by atoms with Crippen LogP contribution < -0.4 is 5.32 Å². The van der Waals surface area contributed by atoms with E-state index >= 15 is 0 Å². The molecule has 0 radical (unpaired) electrons. The van der Waals surface area contributed by atoms with Crippen molar-refractivity contribution in [3.63, 3.8) is 0 Å². The maximum atomic E-state index is 13.1. The fourth-order valence-corrected chi connectivity index (χ4v) is 4.48. The lowest BCUT2D eigenvalue weighted by Crippen LogP contribution is -2.36. The van der Waals surface area contributed by atoms with Gasteiger partial charge in [0.25, 0.3) is 0 Å². The van der Waals surface area contributed by atoms with E-state index in [4.69, 9.17) is 27.6 Å². The molecule has 2 aliphatic rings. The molecule has 0 saturated heterocycles. The maximum absolute atomic E-state index is 13.1. The quantitative estimate of drug-likeness (QED) is 0.604. The van der Waals surface area contributed by atoms with Crippen LogP contribution in [0.2, 0.25) is 10.0 Å². The molecule has 0 bridgehead atoms. The van der Waals surface area contributed by atoms with Gasteiger partial charge in [0, 0.05) is 29.0 Å². The summed E-state index contributed by atoms with van der Waals surface area (Å²) in [7, 11) is 0. The molecule has 0 fully saturated rings. The van der Waals surface area contributed by atoms with Gasteiger partial charge in [0.2, 0.25) is 0 Å². The van der Waals surface area contributed by atoms with Crippen molar-refractivity contribution in [2.45, 2.75) is 39.5 Å². The van der Waals surface area contributed by atoms with Crippen molar-refractivity contribution in [1.82, 2.24) is 5.32 Å². The van der Waals surface area contributed by atoms with Gasteiger partial charge in [-0.05, 0) is 49.1 Å². The van der Waals surface area contributed by atoms with Gasteiger partial charge in [-0.25, -0.2) is 0 Å². The number of furan rings is 1. The summed E-state index contributed by atoms with van der Waals surface area (Å²) < 4.78 is 6.13. The van der Waals surface area contributed by atoms with Crippen LogP contribution >= 0.6 is 23.2 Å². The Balaban J connectivity index is 1.81. The number of nitrogens with one attached hydrogen (secondary N) is 1. The maximum Gasteiger partial charge on any atom is 0.162 e. The first-order valence-corrected chi connectivity index (χ1v) is 10.1. The lowest BCUT2D eigenvalue weighted by molar-refractivity contribution is -0.118. The summed E-state index contributed by atoms with van der Waals surface area (Å²) in [6, 6.07) is 11.2. The molecule has 0 spiro atoms. The Kier molecular flexibility index (Phi) is 4.85. The van der Waals surface area contributed by atoms with Gasteiger partial charge in [0.15, 0.2) is 5.78 Å². The first-order chi connectivity index (χ1) is 13.7. The molecule has 1 aromatic heterocycles. The van der Waals surface area contributed by atoms with Crippen molar-refractivity contribution < 1.29 is 9.21 Å². The molecule has 29 heavy (non-hydrogen) atoms. The Bertz CT molecular complexity index is 1130. The van der Waals surface area contributed by atoms with Crippen LogP contribution in [0.4, 0.5) is 0 Å². The number of Topliss-reactive ketones (excluding diaryl/α,β-unsaturated/α-hetero) is 1. The summed E-state index contributed by atoms with van der Waals surface area (Å²) in [5.74, 6) is 0.736. The molecule has 2 aromatic rings. The Hall–Kier alpha value is -2.48. The highest BCUT2D eigenvalue weighted by Gasteiger charge is 2.42. The molecule has 2 heterocycles. The van der Waals surface area contributed by atoms with E-state index in [2.05, 4.69) is 25.2 Å². The zero-order valence-electron chi connectivity index (χ0n) is 16.4. The highest BCUT2D eigenvalue weighted by atomic mass is 35.5. The van der Waals surface area contributed by atoms with E-state index in [9.17, 15) is 10.1 Å². The number of nitriles is 1. The zero-order chi connectivity index (χ0) is 20.9. The number of halogens is 2. The standard InChI is InChI=1S/C23H20Cl2N2O2/c1-12-14(11-26)21(22-17(27-12)9-23(2,3)10-18(22)28)20-7-6-19(29-20)13-4-5-15(24)16(25)8-13/h4-8,21,27H,9-10H2,1-3H3. The van der Waals surface area contributed by atoms with E-state index in [0.717, 1.165) is 23.4 Å². The molecule has 1 N–H and O–H groups in total. The summed E-state index contributed by atoms with van der Waals surface area (Å²) >= 11 is 12.1. The monoisotopic (exact) mass is 426 g/mol. The number of ketones is 1. The van der Waals surface area contributed by atoms with Crippen LogP contribution in [-0.2, 0) is 4.79 Å². The summed E-state index contributed by atoms with van der Waals surface area (Å²) in [6.45, 7) is 6.03. The summed E-state index contributed by atoms with van der Waals surface area (Å²) in [5, 5.41) is 14.0. The lowest BCUT2D eigenvalue weighted by Gasteiger charge is -2.38. The SMILES string of the molecule is CC1=C(C#N)C(c2ccc(-c3ccc(Cl)c(Cl)c3)o2)C2=C(CC(C)(C)CC2=O)N1. The number of nitrogens with zero attached hydrogens (tertiary/aromatic N) is 1. The predicted octanol–water partition coefficient (Wildman–Crippen LogP) is 6.38. The Morgan fingerprint density at radius 2 is 1.93 bits per heavy atom. The number of allylic oxidation sites excluding steroid dienone is 4. The van der Waals surface area contributed by atoms with E-state index in [-0.39, 0.29) is 11.2 Å². The minimum Gasteiger partial charge on any atom is -0.460 e. The number of dihydropyridines is 1. The Labute approximate surface area is 179 Å². The molecule has 4 rings (SSSR count). The van der Waals surface area contributed by atoms with E-state index in [1.165, 1.54) is 0 Å². The molecule has 4 nitrogen and oxygen atoms in total. The van der Waals surface area contributed by atoms with Crippen LogP contribution in [-0.4, -0.2) is 5.78 Å². The molecule has 6 heteroatoms. The van der Waals surface area contributed by atoms with Gasteiger partial charge < -0.3 is 9.73 Å². The van der Waals surface area contributed by atoms with Gasteiger partial charge in [-0.2, -0.15) is 5.26 Å². The van der Waals surface area contributed by atoms with Gasteiger partial charge in [0.05, 0.1) is 27.6 Å². The lowest BCUT2D eigenvalue weighted by atomic mass is 9.70. The number of benzene rings is 1. The van der Waals surface area contributed by atoms with Gasteiger partial charge in [-0.3, -0.25) is 4.79 Å². The Morgan fingerprint density at radius 3 is 2.62 bits per heavy atom. The number of hydrogen-bond acceptors (Lipinski definition) is 4. The number of hydrogen-bond donors (Lipinski definition) is 1. The molecule has 148 valence electrons. The molecule has 1 atom stereocenters. The number of carbonyl (C=O) groups excluding carboxylic acids is 1. The molecular formula is C23H20Cl2N2O2. The minimum absolute atomic E-state index is 0.0569. The van der Waals surface area contributed by atoms with Crippen LogP contribution in [0.5, 0.6) is 0 Å². The molecule has 0 amide bonds. The minimum atomic E-state index is -0.503. The summed E-state index contributed by atoms with van der Waals surface area (Å²) in [4.78, 5) is 13.1. The topological polar surface area (TPSA) is 66.0 Å². The van der Waals surface area contributed by atoms with Crippen molar-refractivity contribution in [2.75, 3.05) is 0 Å². The average molecular weight is 427 g/mol. The fraction of sp³-hybridized carbons (Fsp3) is 0.304. The zero-order valence-corrected chi connectivity index (χ0v) is 17.9. The normalized spacial score (nSPS) is 21.0. The smallest absolute Gasteiger partial charge is 0.162 e. The van der Waals surface area contributed by atoms with Gasteiger partial charge >= 0.3 is 0 Å². The van der Waals surface area contributed by atoms with Crippen LogP contribution in [0.25, 0.3) is 11.3 Å². The second-order valence-corrected chi connectivity index (χ2v) is 9.19. The van der Waals surface area contributed by atoms with E-state index < -0.39 is 5.92 Å². The third kappa shape index (κ3) is 3.50. The number of carbonyl (C=O) groups is 1. The third-order valence-electron chi connectivity index (χ3n) is 5.48. The van der Waals surface area contributed by atoms with Crippen LogP contribution in [0.3, 0.4) is 0 Å². The molecular weight excluding hydrogens is 407 g/mol. The third-order valence-corrected chi connectivity index (χ3v) is 6.21. The van der Waals surface area contributed by atoms with E-state index in [1.54, 1.807) is 12.1 Å². The van der Waals surface area contributed by atoms with Crippen molar-refractivity contribution >= 4 is 29.0 Å². The molecule has 1 aliphatic carbocycles. The molecule has 0 saturated carbocycles. The summed E-state index contributed by atoms with van der Waals surface area (Å²) in [6.07, 6.45) is 1.20. The molecule has 1 aliphatic heterocycles. The molecule has 1 unspecified atom stereocenters. The Morgan fingerprint density at radius 1 is 1.17 bits per heavy atom. The van der Waals surface area contributed by atoms with Crippen LogP contribution in [0.15, 0.2) is 57.3 Å². The fourth-order valence-electron chi connectivity index (χ4n) is 4.18. The highest BCUT2D eigenvalue weighted by Crippen LogP contribution is 2.47. The van der Waals surface area contributed by atoms with Crippen molar-refractivity contribution in [2.24, 2.45) is 5.41 Å². The van der Waals surface area contributed by atoms with Crippen LogP contribution in [0, 0.1) is 16.7 Å². The van der Waals surface area contributed by atoms with Crippen LogP contribution in [0.1, 0.15) is 45.3 Å². The number of rotatable bonds is 2. The average Bonchev–Trinajstić information content (AvgIpc) is 3.11. The van der Waals surface area contributed by atoms with Crippen molar-refractivity contribution in [3.05, 3.63) is 68.7 Å². The van der Waals surface area contributed by atoms with Gasteiger partial charge in [-0.15, -0.1) is 0 Å². The second kappa shape index (κ2) is 7.09. The highest BCUT2D eigenvalue weighted by molar-refractivity contribution is 6.42. The largest absolute Gasteiger partial charge is 0.460 e. The second-order valence-electron chi connectivity index (χ2n) is 8.37. The predicted molar refractivity (Wildman–Crippen MR) is 113 cm³/mol. The first kappa shape index (κ1) is 19.8. The first-order valence-electron chi connectivity index (χ1n) is 9.39. The van der Waals surface area contributed by atoms with E-state index in [0.29, 0.717) is 39.1 Å². The summed E-state index contributed by atoms with van der Waals surface area (Å²) in [5.41, 5.74) is 3.46. The van der Waals surface area contributed by atoms with Crippen molar-refractivity contribution in [1.29, 1.82) is 5.26 Å². The van der Waals surface area contributed by atoms with Gasteiger partial charge in [-0.1, -0.05) is 37.0 Å². The molecule has 1 aromatic carbocycles. The van der Waals surface area contributed by atoms with Crippen molar-refractivity contribution in [3.8, 4) is 17.4 Å².